The van der Waals surface area contributed by atoms with Crippen molar-refractivity contribution in [2.24, 2.45) is 13.0 Å². The molecule has 2 heterocycles. The minimum absolute atomic E-state index is 0.141. The summed E-state index contributed by atoms with van der Waals surface area (Å²) in [7, 11) is 3.07. The van der Waals surface area contributed by atoms with E-state index in [1.54, 1.807) is 44.9 Å². The number of benzene rings is 1. The maximum atomic E-state index is 14.1. The number of aromatic nitrogens is 2. The summed E-state index contributed by atoms with van der Waals surface area (Å²) in [6.07, 6.45) is 9.41. The molecule has 4 atom stereocenters. The van der Waals surface area contributed by atoms with Gasteiger partial charge in [-0.05, 0) is 51.5 Å². The molecule has 0 bridgehead atoms. The summed E-state index contributed by atoms with van der Waals surface area (Å²) in [5.41, 5.74) is 0.795. The van der Waals surface area contributed by atoms with Gasteiger partial charge in [0.25, 0.3) is 0 Å². The average Bonchev–Trinajstić information content (AvgIpc) is 3.72. The minimum Gasteiger partial charge on any atom is -0.467 e. The van der Waals surface area contributed by atoms with Crippen molar-refractivity contribution in [1.82, 2.24) is 30.4 Å². The summed E-state index contributed by atoms with van der Waals surface area (Å²) in [5.74, 6) is -1.69. The topological polar surface area (TPSA) is 161 Å². The molecule has 1 aromatic carbocycles. The highest BCUT2D eigenvalue weighted by atomic mass is 16.6. The van der Waals surface area contributed by atoms with Crippen LogP contribution in [-0.2, 0) is 48.5 Å². The lowest BCUT2D eigenvalue weighted by Gasteiger charge is -2.32. The number of amides is 4. The molecule has 1 saturated heterocycles. The fraction of sp³-hybridized carbons (Fsp3) is 0.611. The highest BCUT2D eigenvalue weighted by Crippen LogP contribution is 2.28. The predicted molar refractivity (Wildman–Crippen MR) is 182 cm³/mol. The number of alkyl carbamates (subject to hydrolysis) is 1. The molecule has 1 aliphatic heterocycles. The maximum Gasteiger partial charge on any atom is 0.408 e. The van der Waals surface area contributed by atoms with Crippen molar-refractivity contribution < 1.29 is 33.4 Å². The van der Waals surface area contributed by atoms with Gasteiger partial charge < -0.3 is 34.9 Å². The van der Waals surface area contributed by atoms with E-state index in [1.165, 1.54) is 12.0 Å². The Bertz CT molecular complexity index is 1430. The average molecular weight is 681 g/mol. The Kier molecular flexibility index (Phi) is 13.2. The first-order valence-electron chi connectivity index (χ1n) is 17.3. The summed E-state index contributed by atoms with van der Waals surface area (Å²) >= 11 is 0. The van der Waals surface area contributed by atoms with E-state index in [9.17, 15) is 24.0 Å². The minimum atomic E-state index is -1.02. The Morgan fingerprint density at radius 3 is 2.24 bits per heavy atom. The van der Waals surface area contributed by atoms with E-state index >= 15 is 0 Å². The van der Waals surface area contributed by atoms with E-state index in [2.05, 4.69) is 20.9 Å². The van der Waals surface area contributed by atoms with Crippen molar-refractivity contribution >= 4 is 29.8 Å². The van der Waals surface area contributed by atoms with Gasteiger partial charge >= 0.3 is 12.1 Å². The van der Waals surface area contributed by atoms with Gasteiger partial charge in [-0.25, -0.2) is 14.6 Å². The van der Waals surface area contributed by atoms with Gasteiger partial charge in [-0.3, -0.25) is 14.4 Å². The SMILES string of the molecule is COC(=O)[C@H](Cc1ccccc1)NC(=O)[C@H](CC1CCCCC1)NC(=O)[C@H]1CCCN1C(=O)[C@H](Cc1cncn1C)NC(=O)OC(C)(C)C. The number of hydrogen-bond donors (Lipinski definition) is 3. The zero-order valence-electron chi connectivity index (χ0n) is 29.4. The lowest BCUT2D eigenvalue weighted by molar-refractivity contribution is -0.145. The van der Waals surface area contributed by atoms with Crippen LogP contribution < -0.4 is 16.0 Å². The third kappa shape index (κ3) is 11.0. The molecule has 4 amide bonds. The van der Waals surface area contributed by atoms with Gasteiger partial charge in [0.1, 0.15) is 29.8 Å². The van der Waals surface area contributed by atoms with Crippen molar-refractivity contribution in [1.29, 1.82) is 0 Å². The quantitative estimate of drug-likeness (QED) is 0.272. The lowest BCUT2D eigenvalue weighted by atomic mass is 9.84. The maximum absolute atomic E-state index is 14.1. The molecular weight excluding hydrogens is 628 g/mol. The standard InChI is InChI=1S/C36H52N6O7/c1-36(2,3)49-35(47)40-28(21-26-22-37-23-41(26)4)33(45)42-18-12-17-30(42)32(44)38-27(19-24-13-8-6-9-14-24)31(43)39-29(34(46)48-5)20-25-15-10-7-11-16-25/h7,10-11,15-16,22-24,27-30H,6,8-9,12-14,17-21H2,1-5H3,(H,38,44)(H,39,43)(H,40,47)/t27-,28-,29-,30+/m0/s1. The van der Waals surface area contributed by atoms with Crippen molar-refractivity contribution in [2.75, 3.05) is 13.7 Å². The van der Waals surface area contributed by atoms with Gasteiger partial charge in [0.05, 0.1) is 13.4 Å². The van der Waals surface area contributed by atoms with E-state index in [1.807, 2.05) is 30.3 Å². The highest BCUT2D eigenvalue weighted by Gasteiger charge is 2.40. The highest BCUT2D eigenvalue weighted by molar-refractivity contribution is 5.95. The number of likely N-dealkylation sites (tertiary alicyclic amines) is 1. The van der Waals surface area contributed by atoms with Gasteiger partial charge in [-0.2, -0.15) is 0 Å². The molecule has 49 heavy (non-hydrogen) atoms. The molecule has 2 fully saturated rings. The van der Waals surface area contributed by atoms with Crippen LogP contribution >= 0.6 is 0 Å². The summed E-state index contributed by atoms with van der Waals surface area (Å²) in [5, 5.41) is 8.52. The molecule has 1 saturated carbocycles. The van der Waals surface area contributed by atoms with Crippen molar-refractivity contribution in [3.8, 4) is 0 Å². The number of imidazole rings is 1. The summed E-state index contributed by atoms with van der Waals surface area (Å²) in [4.78, 5) is 73.1. The number of carbonyl (C=O) groups is 5. The molecule has 268 valence electrons. The molecule has 2 aromatic rings. The van der Waals surface area contributed by atoms with Crippen LogP contribution in [0.4, 0.5) is 4.79 Å². The number of nitrogens with one attached hydrogen (secondary N) is 3. The van der Waals surface area contributed by atoms with Crippen LogP contribution in [0.5, 0.6) is 0 Å². The molecule has 2 aliphatic rings. The summed E-state index contributed by atoms with van der Waals surface area (Å²) < 4.78 is 12.2. The number of aryl methyl sites for hydroxylation is 1. The Hall–Kier alpha value is -4.42. The fourth-order valence-electron chi connectivity index (χ4n) is 6.66. The van der Waals surface area contributed by atoms with Crippen LogP contribution in [0.15, 0.2) is 42.9 Å². The van der Waals surface area contributed by atoms with E-state index in [-0.39, 0.29) is 18.8 Å². The molecule has 0 spiro atoms. The van der Waals surface area contributed by atoms with Gasteiger partial charge in [-0.15, -0.1) is 0 Å². The second kappa shape index (κ2) is 17.3. The molecule has 1 aliphatic carbocycles. The summed E-state index contributed by atoms with van der Waals surface area (Å²) in [6.45, 7) is 5.52. The first kappa shape index (κ1) is 37.4. The Labute approximate surface area is 288 Å². The van der Waals surface area contributed by atoms with Crippen LogP contribution in [0.3, 0.4) is 0 Å². The van der Waals surface area contributed by atoms with E-state index in [4.69, 9.17) is 9.47 Å². The largest absolute Gasteiger partial charge is 0.467 e. The van der Waals surface area contributed by atoms with Gasteiger partial charge in [0.15, 0.2) is 0 Å². The number of hydrogen-bond acceptors (Lipinski definition) is 8. The molecule has 3 N–H and O–H groups in total. The van der Waals surface area contributed by atoms with Crippen LogP contribution in [0.1, 0.15) is 83.4 Å². The van der Waals surface area contributed by atoms with Crippen molar-refractivity contribution in [3.63, 3.8) is 0 Å². The van der Waals surface area contributed by atoms with Crippen molar-refractivity contribution in [3.05, 3.63) is 54.1 Å². The van der Waals surface area contributed by atoms with Crippen LogP contribution in [0.25, 0.3) is 0 Å². The fourth-order valence-corrected chi connectivity index (χ4v) is 6.66. The van der Waals surface area contributed by atoms with E-state index in [0.29, 0.717) is 25.8 Å². The second-order valence-electron chi connectivity index (χ2n) is 14.2. The predicted octanol–water partition coefficient (Wildman–Crippen LogP) is 3.20. The second-order valence-corrected chi connectivity index (χ2v) is 14.2. The molecule has 13 nitrogen and oxygen atoms in total. The third-order valence-electron chi connectivity index (χ3n) is 9.17. The Morgan fingerprint density at radius 2 is 1.61 bits per heavy atom. The van der Waals surface area contributed by atoms with Crippen LogP contribution in [0.2, 0.25) is 0 Å². The number of ether oxygens (including phenoxy) is 2. The third-order valence-corrected chi connectivity index (χ3v) is 9.17. The zero-order valence-corrected chi connectivity index (χ0v) is 29.4. The Balaban J connectivity index is 1.52. The zero-order chi connectivity index (χ0) is 35.6. The monoisotopic (exact) mass is 680 g/mol. The molecule has 0 unspecified atom stereocenters. The number of carbonyl (C=O) groups excluding carboxylic acids is 5. The molecule has 1 aromatic heterocycles. The van der Waals surface area contributed by atoms with E-state index < -0.39 is 59.6 Å². The molecule has 13 heteroatoms. The lowest BCUT2D eigenvalue weighted by Crippen LogP contribution is -2.58. The van der Waals surface area contributed by atoms with Gasteiger partial charge in [0, 0.05) is 38.3 Å². The van der Waals surface area contributed by atoms with Gasteiger partial charge in [0.2, 0.25) is 17.7 Å². The first-order chi connectivity index (χ1) is 23.3. The number of nitrogens with zero attached hydrogens (tertiary/aromatic N) is 3. The smallest absolute Gasteiger partial charge is 0.408 e. The molecule has 4 rings (SSSR count). The van der Waals surface area contributed by atoms with Crippen molar-refractivity contribution in [2.45, 2.75) is 115 Å². The molecular formula is C36H52N6O7. The van der Waals surface area contributed by atoms with E-state index in [0.717, 1.165) is 43.4 Å². The normalized spacial score (nSPS) is 18.6. The number of methoxy groups -OCH3 is 1. The first-order valence-corrected chi connectivity index (χ1v) is 17.3. The van der Waals surface area contributed by atoms with Crippen LogP contribution in [-0.4, -0.2) is 87.7 Å². The number of rotatable bonds is 13. The van der Waals surface area contributed by atoms with Crippen LogP contribution in [0, 0.1) is 5.92 Å². The number of esters is 1. The molecule has 0 radical (unpaired) electrons. The Morgan fingerprint density at radius 1 is 0.898 bits per heavy atom. The van der Waals surface area contributed by atoms with Gasteiger partial charge in [-0.1, -0.05) is 62.4 Å². The summed E-state index contributed by atoms with van der Waals surface area (Å²) in [6, 6.07) is 5.61.